The van der Waals surface area contributed by atoms with E-state index in [0.717, 1.165) is 5.57 Å². The van der Waals surface area contributed by atoms with Crippen molar-refractivity contribution in [2.75, 3.05) is 19.0 Å². The van der Waals surface area contributed by atoms with Crippen LogP contribution in [0.3, 0.4) is 0 Å². The van der Waals surface area contributed by atoms with Crippen molar-refractivity contribution in [1.29, 1.82) is 0 Å². The van der Waals surface area contributed by atoms with E-state index in [2.05, 4.69) is 63.5 Å². The molecule has 1 heterocycles. The Labute approximate surface area is 131 Å². The summed E-state index contributed by atoms with van der Waals surface area (Å²) >= 11 is 0. The maximum atomic E-state index is 4.66. The van der Waals surface area contributed by atoms with Crippen molar-refractivity contribution in [3.05, 3.63) is 67.0 Å². The SMILES string of the molecule is CN(C)c1ncnc(P(c2ccccc2)c2ccccc2)n1. The van der Waals surface area contributed by atoms with Gasteiger partial charge in [-0.25, -0.2) is 9.97 Å². The number of hydrogen-bond acceptors (Lipinski definition) is 4. The third-order valence-corrected chi connectivity index (χ3v) is 5.42. The highest BCUT2D eigenvalue weighted by Gasteiger charge is 2.20. The highest BCUT2D eigenvalue weighted by molar-refractivity contribution is 7.79. The molecule has 0 bridgehead atoms. The van der Waals surface area contributed by atoms with Crippen LogP contribution >= 0.6 is 7.92 Å². The van der Waals surface area contributed by atoms with Gasteiger partial charge in [-0.3, -0.25) is 0 Å². The van der Waals surface area contributed by atoms with Crippen LogP contribution in [0.25, 0.3) is 0 Å². The first-order chi connectivity index (χ1) is 10.8. The Bertz CT molecular complexity index is 692. The lowest BCUT2D eigenvalue weighted by atomic mass is 10.4. The number of benzene rings is 2. The zero-order valence-corrected chi connectivity index (χ0v) is 13.5. The lowest BCUT2D eigenvalue weighted by Gasteiger charge is -2.18. The average Bonchev–Trinajstić information content (AvgIpc) is 2.57. The Morgan fingerprint density at radius 2 is 1.32 bits per heavy atom. The van der Waals surface area contributed by atoms with Gasteiger partial charge in [0.2, 0.25) is 5.95 Å². The molecule has 0 N–H and O–H groups in total. The van der Waals surface area contributed by atoms with E-state index >= 15 is 0 Å². The number of hydrogen-bond donors (Lipinski definition) is 0. The Balaban J connectivity index is 2.12. The standard InChI is InChI=1S/C17H17N4P/c1-21(2)16-18-13-19-17(20-16)22(14-9-5-3-6-10-14)15-11-7-4-8-12-15/h3-13H,1-2H3. The topological polar surface area (TPSA) is 41.9 Å². The second-order valence-electron chi connectivity index (χ2n) is 4.99. The van der Waals surface area contributed by atoms with Crippen molar-refractivity contribution < 1.29 is 0 Å². The Kier molecular flexibility index (Phi) is 4.40. The monoisotopic (exact) mass is 308 g/mol. The van der Waals surface area contributed by atoms with Crippen molar-refractivity contribution in [3.8, 4) is 0 Å². The maximum Gasteiger partial charge on any atom is 0.228 e. The van der Waals surface area contributed by atoms with Crippen molar-refractivity contribution in [2.24, 2.45) is 0 Å². The Morgan fingerprint density at radius 1 is 0.773 bits per heavy atom. The molecule has 2 aromatic carbocycles. The summed E-state index contributed by atoms with van der Waals surface area (Å²) in [7, 11) is 3.10. The molecule has 1 aromatic heterocycles. The van der Waals surface area contributed by atoms with Crippen LogP contribution in [-0.2, 0) is 0 Å². The minimum atomic E-state index is -0.776. The third kappa shape index (κ3) is 3.12. The van der Waals surface area contributed by atoms with Crippen LogP contribution in [0.2, 0.25) is 0 Å². The molecule has 0 fully saturated rings. The molecule has 0 spiro atoms. The van der Waals surface area contributed by atoms with E-state index in [1.54, 1.807) is 6.33 Å². The molecular weight excluding hydrogens is 291 g/mol. The average molecular weight is 308 g/mol. The van der Waals surface area contributed by atoms with Crippen LogP contribution in [0.5, 0.6) is 0 Å². The molecule has 3 rings (SSSR count). The molecule has 3 aromatic rings. The molecule has 0 unspecified atom stereocenters. The van der Waals surface area contributed by atoms with Crippen LogP contribution in [-0.4, -0.2) is 29.0 Å². The van der Waals surface area contributed by atoms with Crippen LogP contribution < -0.4 is 21.1 Å². The number of nitrogens with zero attached hydrogens (tertiary/aromatic N) is 4. The second kappa shape index (κ2) is 6.63. The fourth-order valence-electron chi connectivity index (χ4n) is 2.14. The summed E-state index contributed by atoms with van der Waals surface area (Å²) in [5.74, 6) is 0.685. The maximum absolute atomic E-state index is 4.66. The zero-order valence-electron chi connectivity index (χ0n) is 12.6. The Hall–Kier alpha value is -2.32. The molecule has 110 valence electrons. The highest BCUT2D eigenvalue weighted by atomic mass is 31.1. The summed E-state index contributed by atoms with van der Waals surface area (Å²) < 4.78 is 0. The van der Waals surface area contributed by atoms with Crippen molar-refractivity contribution >= 4 is 30.0 Å². The minimum Gasteiger partial charge on any atom is -0.347 e. The van der Waals surface area contributed by atoms with Gasteiger partial charge >= 0.3 is 0 Å². The molecule has 0 radical (unpaired) electrons. The quantitative estimate of drug-likeness (QED) is 0.688. The predicted octanol–water partition coefficient (Wildman–Crippen LogP) is 1.70. The molecule has 0 aliphatic carbocycles. The lowest BCUT2D eigenvalue weighted by Crippen LogP contribution is -2.27. The van der Waals surface area contributed by atoms with E-state index in [4.69, 9.17) is 0 Å². The van der Waals surface area contributed by atoms with Crippen LogP contribution in [0, 0.1) is 0 Å². The number of anilines is 1. The van der Waals surface area contributed by atoms with Gasteiger partial charge < -0.3 is 4.90 Å². The molecule has 0 saturated heterocycles. The van der Waals surface area contributed by atoms with Gasteiger partial charge in [0.1, 0.15) is 6.33 Å². The fraction of sp³-hybridized carbons (Fsp3) is 0.118. The summed E-state index contributed by atoms with van der Waals surface area (Å²) in [6.07, 6.45) is 1.60. The highest BCUT2D eigenvalue weighted by Crippen LogP contribution is 2.30. The summed E-state index contributed by atoms with van der Waals surface area (Å²) in [6.45, 7) is 0. The molecule has 0 aliphatic heterocycles. The molecule has 5 heteroatoms. The summed E-state index contributed by atoms with van der Waals surface area (Å²) in [6, 6.07) is 20.8. The molecule has 0 saturated carbocycles. The van der Waals surface area contributed by atoms with Crippen molar-refractivity contribution in [2.45, 2.75) is 0 Å². The van der Waals surface area contributed by atoms with Gasteiger partial charge in [0.05, 0.1) is 0 Å². The van der Waals surface area contributed by atoms with Gasteiger partial charge in [-0.2, -0.15) is 4.98 Å². The van der Waals surface area contributed by atoms with Crippen LogP contribution in [0.4, 0.5) is 5.95 Å². The Morgan fingerprint density at radius 3 is 1.82 bits per heavy atom. The number of rotatable bonds is 4. The van der Waals surface area contributed by atoms with E-state index in [0.29, 0.717) is 5.95 Å². The smallest absolute Gasteiger partial charge is 0.228 e. The molecule has 0 atom stereocenters. The van der Waals surface area contributed by atoms with Gasteiger partial charge in [-0.05, 0) is 10.6 Å². The number of aromatic nitrogens is 3. The van der Waals surface area contributed by atoms with Gasteiger partial charge in [0, 0.05) is 22.0 Å². The summed E-state index contributed by atoms with van der Waals surface area (Å²) in [5, 5.41) is 2.47. The molecular formula is C17H17N4P. The minimum absolute atomic E-state index is 0.685. The summed E-state index contributed by atoms with van der Waals surface area (Å²) in [5.41, 5.74) is 0.825. The van der Waals surface area contributed by atoms with Gasteiger partial charge in [-0.1, -0.05) is 60.7 Å². The first-order valence-electron chi connectivity index (χ1n) is 7.02. The van der Waals surface area contributed by atoms with Crippen molar-refractivity contribution in [3.63, 3.8) is 0 Å². The molecule has 0 aliphatic rings. The van der Waals surface area contributed by atoms with Gasteiger partial charge in [0.15, 0.2) is 5.57 Å². The normalized spacial score (nSPS) is 10.7. The van der Waals surface area contributed by atoms with Crippen LogP contribution in [0.15, 0.2) is 67.0 Å². The zero-order chi connectivity index (χ0) is 15.4. The van der Waals surface area contributed by atoms with Crippen LogP contribution in [0.1, 0.15) is 0 Å². The first kappa shape index (κ1) is 14.6. The summed E-state index contributed by atoms with van der Waals surface area (Å²) in [4.78, 5) is 15.2. The molecule has 4 nitrogen and oxygen atoms in total. The van der Waals surface area contributed by atoms with E-state index in [1.807, 2.05) is 31.1 Å². The van der Waals surface area contributed by atoms with Crippen molar-refractivity contribution in [1.82, 2.24) is 15.0 Å². The largest absolute Gasteiger partial charge is 0.347 e. The first-order valence-corrected chi connectivity index (χ1v) is 8.36. The van der Waals surface area contributed by atoms with E-state index in [-0.39, 0.29) is 0 Å². The molecule has 22 heavy (non-hydrogen) atoms. The second-order valence-corrected chi connectivity index (χ2v) is 7.09. The van der Waals surface area contributed by atoms with Gasteiger partial charge in [0.25, 0.3) is 0 Å². The third-order valence-electron chi connectivity index (χ3n) is 3.18. The fourth-order valence-corrected chi connectivity index (χ4v) is 4.19. The van der Waals surface area contributed by atoms with Gasteiger partial charge in [-0.15, -0.1) is 0 Å². The predicted molar refractivity (Wildman–Crippen MR) is 92.9 cm³/mol. The van der Waals surface area contributed by atoms with E-state index in [1.165, 1.54) is 10.6 Å². The van der Waals surface area contributed by atoms with E-state index < -0.39 is 7.92 Å². The lowest BCUT2D eigenvalue weighted by molar-refractivity contribution is 0.976. The van der Waals surface area contributed by atoms with E-state index in [9.17, 15) is 0 Å². The molecule has 0 amide bonds.